The van der Waals surface area contributed by atoms with E-state index in [9.17, 15) is 26.0 Å². The Morgan fingerprint density at radius 3 is 2.36 bits per heavy atom. The number of alkyl halides is 3. The molecule has 0 bridgehead atoms. The lowest BCUT2D eigenvalue weighted by Crippen LogP contribution is -2.59. The van der Waals surface area contributed by atoms with E-state index in [1.54, 1.807) is 0 Å². The maximum absolute atomic E-state index is 13.5. The van der Waals surface area contributed by atoms with Crippen molar-refractivity contribution in [2.75, 3.05) is 32.8 Å². The molecule has 0 aromatic heterocycles. The van der Waals surface area contributed by atoms with Crippen molar-refractivity contribution in [3.05, 3.63) is 29.6 Å². The van der Waals surface area contributed by atoms with Crippen molar-refractivity contribution in [2.24, 2.45) is 0 Å². The van der Waals surface area contributed by atoms with E-state index in [0.717, 1.165) is 38.2 Å². The Morgan fingerprint density at radius 1 is 1.11 bits per heavy atom. The van der Waals surface area contributed by atoms with Gasteiger partial charge in [-0.05, 0) is 31.0 Å². The quantitative estimate of drug-likeness (QED) is 0.738. The van der Waals surface area contributed by atoms with E-state index in [-0.39, 0.29) is 12.1 Å². The second-order valence-electron chi connectivity index (χ2n) is 7.35. The molecule has 1 N–H and O–H groups in total. The van der Waals surface area contributed by atoms with Crippen LogP contribution in [-0.4, -0.2) is 51.7 Å². The number of sulfonamides is 1. The zero-order valence-electron chi connectivity index (χ0n) is 15.4. The predicted molar refractivity (Wildman–Crippen MR) is 94.8 cm³/mol. The summed E-state index contributed by atoms with van der Waals surface area (Å²) in [6, 6.07) is 1.74. The highest BCUT2D eigenvalue weighted by Crippen LogP contribution is 2.35. The van der Waals surface area contributed by atoms with Crippen LogP contribution < -0.4 is 4.72 Å². The van der Waals surface area contributed by atoms with Gasteiger partial charge in [0.1, 0.15) is 5.82 Å². The lowest BCUT2D eigenvalue weighted by atomic mass is 9.80. The fourth-order valence-electron chi connectivity index (χ4n) is 4.05. The summed E-state index contributed by atoms with van der Waals surface area (Å²) in [5, 5.41) is 0. The van der Waals surface area contributed by atoms with Crippen LogP contribution in [0.15, 0.2) is 23.1 Å². The molecule has 0 radical (unpaired) electrons. The molecule has 0 spiro atoms. The molecule has 10 heteroatoms. The fourth-order valence-corrected chi connectivity index (χ4v) is 5.20. The maximum atomic E-state index is 13.5. The molecular formula is C18H24F4N2O3S. The first kappa shape index (κ1) is 21.5. The van der Waals surface area contributed by atoms with E-state index < -0.39 is 32.5 Å². The molecule has 0 unspecified atom stereocenters. The van der Waals surface area contributed by atoms with Gasteiger partial charge in [-0.2, -0.15) is 13.2 Å². The zero-order valence-corrected chi connectivity index (χ0v) is 16.2. The summed E-state index contributed by atoms with van der Waals surface area (Å²) in [5.74, 6) is -1.50. The number of hydrogen-bond donors (Lipinski definition) is 1. The molecule has 0 atom stereocenters. The van der Waals surface area contributed by atoms with Crippen LogP contribution in [0.5, 0.6) is 0 Å². The van der Waals surface area contributed by atoms with Crippen LogP contribution in [0.4, 0.5) is 17.6 Å². The summed E-state index contributed by atoms with van der Waals surface area (Å²) in [4.78, 5) is 1.64. The molecule has 1 aliphatic carbocycles. The highest BCUT2D eigenvalue weighted by molar-refractivity contribution is 7.89. The molecule has 1 aromatic carbocycles. The van der Waals surface area contributed by atoms with Crippen molar-refractivity contribution < 1.29 is 30.7 Å². The number of halogens is 4. The van der Waals surface area contributed by atoms with E-state index in [2.05, 4.69) is 9.62 Å². The smallest absolute Gasteiger partial charge is 0.379 e. The first-order chi connectivity index (χ1) is 13.1. The Bertz CT molecular complexity index is 787. The van der Waals surface area contributed by atoms with Crippen LogP contribution in [0.3, 0.4) is 0 Å². The third-order valence-corrected chi connectivity index (χ3v) is 7.01. The van der Waals surface area contributed by atoms with Gasteiger partial charge >= 0.3 is 6.18 Å². The van der Waals surface area contributed by atoms with Gasteiger partial charge < -0.3 is 4.74 Å². The average molecular weight is 424 g/mol. The number of benzene rings is 1. The van der Waals surface area contributed by atoms with Crippen molar-refractivity contribution >= 4 is 10.0 Å². The van der Waals surface area contributed by atoms with Crippen molar-refractivity contribution in [3.8, 4) is 0 Å². The summed E-state index contributed by atoms with van der Waals surface area (Å²) >= 11 is 0. The van der Waals surface area contributed by atoms with E-state index in [0.29, 0.717) is 38.4 Å². The molecule has 1 aliphatic heterocycles. The lowest BCUT2D eigenvalue weighted by molar-refractivity contribution is -0.140. The van der Waals surface area contributed by atoms with Crippen molar-refractivity contribution in [1.82, 2.24) is 9.62 Å². The van der Waals surface area contributed by atoms with Gasteiger partial charge in [-0.1, -0.05) is 19.3 Å². The Hall–Kier alpha value is -1.23. The molecule has 2 aliphatic rings. The molecular weight excluding hydrogens is 400 g/mol. The third kappa shape index (κ3) is 4.67. The van der Waals surface area contributed by atoms with Crippen LogP contribution in [0.2, 0.25) is 0 Å². The number of hydrogen-bond acceptors (Lipinski definition) is 4. The Balaban J connectivity index is 1.81. The minimum atomic E-state index is -4.96. The molecule has 1 heterocycles. The zero-order chi connectivity index (χ0) is 20.4. The highest BCUT2D eigenvalue weighted by atomic mass is 32.2. The number of nitrogens with one attached hydrogen (secondary N) is 1. The Kier molecular flexibility index (Phi) is 6.33. The summed E-state index contributed by atoms with van der Waals surface area (Å²) in [7, 11) is -4.21. The molecule has 5 nitrogen and oxygen atoms in total. The highest BCUT2D eigenvalue weighted by Gasteiger charge is 2.40. The molecule has 28 heavy (non-hydrogen) atoms. The molecule has 3 rings (SSSR count). The number of nitrogens with zero attached hydrogens (tertiary/aromatic N) is 1. The molecule has 0 amide bonds. The normalized spacial score (nSPS) is 21.6. The van der Waals surface area contributed by atoms with Gasteiger partial charge in [0, 0.05) is 25.2 Å². The van der Waals surface area contributed by atoms with Gasteiger partial charge in [0.25, 0.3) is 0 Å². The lowest BCUT2D eigenvalue weighted by Gasteiger charge is -2.48. The molecule has 1 saturated carbocycles. The van der Waals surface area contributed by atoms with Crippen LogP contribution in [0, 0.1) is 5.82 Å². The summed E-state index contributed by atoms with van der Waals surface area (Å²) in [6.45, 7) is 2.63. The average Bonchev–Trinajstić information content (AvgIpc) is 2.67. The topological polar surface area (TPSA) is 58.6 Å². The van der Waals surface area contributed by atoms with Crippen molar-refractivity contribution in [1.29, 1.82) is 0 Å². The van der Waals surface area contributed by atoms with Crippen molar-refractivity contribution in [2.45, 2.75) is 48.7 Å². The summed E-state index contributed by atoms with van der Waals surface area (Å²) in [6.07, 6.45) is -0.332. The maximum Gasteiger partial charge on any atom is 0.419 e. The van der Waals surface area contributed by atoms with E-state index in [1.165, 1.54) is 0 Å². The van der Waals surface area contributed by atoms with Gasteiger partial charge in [-0.25, -0.2) is 17.5 Å². The second-order valence-corrected chi connectivity index (χ2v) is 9.12. The van der Waals surface area contributed by atoms with E-state index in [4.69, 9.17) is 4.74 Å². The number of ether oxygens (including phenoxy) is 1. The van der Waals surface area contributed by atoms with Crippen LogP contribution in [0.1, 0.15) is 37.7 Å². The number of morpholine rings is 1. The SMILES string of the molecule is O=S(=O)(NCC1(N2CCOCC2)CCCCC1)c1ccc(F)c(C(F)(F)F)c1. The minimum Gasteiger partial charge on any atom is -0.379 e. The molecule has 1 saturated heterocycles. The molecule has 1 aromatic rings. The van der Waals surface area contributed by atoms with Gasteiger partial charge in [0.2, 0.25) is 10.0 Å². The largest absolute Gasteiger partial charge is 0.419 e. The van der Waals surface area contributed by atoms with Gasteiger partial charge in [0.15, 0.2) is 0 Å². The van der Waals surface area contributed by atoms with Gasteiger partial charge in [-0.3, -0.25) is 4.90 Å². The third-order valence-electron chi connectivity index (χ3n) is 5.61. The standard InChI is InChI=1S/C18H24F4N2O3S/c19-16-5-4-14(12-15(16)18(20,21)22)28(25,26)23-13-17(6-2-1-3-7-17)24-8-10-27-11-9-24/h4-5,12,23H,1-3,6-11,13H2. The van der Waals surface area contributed by atoms with E-state index >= 15 is 0 Å². The fraction of sp³-hybridized carbons (Fsp3) is 0.667. The van der Waals surface area contributed by atoms with Crippen LogP contribution >= 0.6 is 0 Å². The monoisotopic (exact) mass is 424 g/mol. The minimum absolute atomic E-state index is 0.105. The summed E-state index contributed by atoms with van der Waals surface area (Å²) in [5.41, 5.74) is -1.96. The summed E-state index contributed by atoms with van der Waals surface area (Å²) < 4.78 is 85.4. The Morgan fingerprint density at radius 2 is 1.75 bits per heavy atom. The molecule has 158 valence electrons. The Labute approximate surface area is 162 Å². The number of rotatable bonds is 5. The van der Waals surface area contributed by atoms with E-state index in [1.807, 2.05) is 0 Å². The molecule has 2 fully saturated rings. The van der Waals surface area contributed by atoms with Gasteiger partial charge in [-0.15, -0.1) is 0 Å². The predicted octanol–water partition coefficient (Wildman–Crippen LogP) is 3.16. The second kappa shape index (κ2) is 8.25. The van der Waals surface area contributed by atoms with Crippen LogP contribution in [0.25, 0.3) is 0 Å². The van der Waals surface area contributed by atoms with Gasteiger partial charge in [0.05, 0.1) is 23.7 Å². The van der Waals surface area contributed by atoms with Crippen LogP contribution in [-0.2, 0) is 20.9 Å². The van der Waals surface area contributed by atoms with Crippen molar-refractivity contribution in [3.63, 3.8) is 0 Å². The first-order valence-corrected chi connectivity index (χ1v) is 10.8. The first-order valence-electron chi connectivity index (χ1n) is 9.33.